The summed E-state index contributed by atoms with van der Waals surface area (Å²) in [5.41, 5.74) is 0.299. The molecule has 0 radical (unpaired) electrons. The molecule has 0 unspecified atom stereocenters. The maximum absolute atomic E-state index is 9.99. The van der Waals surface area contributed by atoms with E-state index in [4.69, 9.17) is 9.66 Å². The first-order valence-corrected chi connectivity index (χ1v) is 7.64. The number of hydrogen-bond acceptors (Lipinski definition) is 6. The molecule has 0 rings (SSSR count). The van der Waals surface area contributed by atoms with Gasteiger partial charge in [0, 0.05) is 5.57 Å². The molecule has 0 aromatic carbocycles. The summed E-state index contributed by atoms with van der Waals surface area (Å²) in [7, 11) is 3.33. The summed E-state index contributed by atoms with van der Waals surface area (Å²) < 4.78 is 30.7. The van der Waals surface area contributed by atoms with Gasteiger partial charge in [-0.05, 0) is 41.5 Å². The third-order valence-corrected chi connectivity index (χ3v) is 1.65. The molecular weight excluding hydrogens is 300 g/mol. The van der Waals surface area contributed by atoms with Crippen LogP contribution in [0.25, 0.3) is 0 Å². The molecule has 0 atom stereocenters. The molecule has 0 aromatic heterocycles. The zero-order valence-corrected chi connectivity index (χ0v) is 14.6. The largest absolute Gasteiger partial charge is 0.478 e. The molecule has 0 amide bonds. The zero-order valence-electron chi connectivity index (χ0n) is 13.8. The summed E-state index contributed by atoms with van der Waals surface area (Å²) in [5, 5.41) is 13.7. The molecule has 0 saturated heterocycles. The summed E-state index contributed by atoms with van der Waals surface area (Å²) >= 11 is 0. The van der Waals surface area contributed by atoms with Crippen LogP contribution in [0.2, 0.25) is 0 Å². The molecule has 0 aliphatic heterocycles. The first-order valence-electron chi connectivity index (χ1n) is 6.27. The van der Waals surface area contributed by atoms with Crippen LogP contribution in [-0.2, 0) is 19.4 Å². The van der Waals surface area contributed by atoms with E-state index in [9.17, 15) is 13.2 Å². The van der Waals surface area contributed by atoms with E-state index in [2.05, 4.69) is 21.4 Å². The Balaban J connectivity index is -0.000000101. The van der Waals surface area contributed by atoms with Crippen LogP contribution in [0.15, 0.2) is 12.2 Å². The molecule has 9 heteroatoms. The van der Waals surface area contributed by atoms with Crippen molar-refractivity contribution in [1.29, 1.82) is 0 Å². The van der Waals surface area contributed by atoms with Crippen molar-refractivity contribution in [2.24, 2.45) is 0 Å². The second kappa shape index (κ2) is 21.3. The number of carbonyl (C=O) groups is 1. The second-order valence-corrected chi connectivity index (χ2v) is 4.58. The third kappa shape index (κ3) is 54.9. The Labute approximate surface area is 128 Å². The number of rotatable bonds is 5. The van der Waals surface area contributed by atoms with Crippen LogP contribution < -0.4 is 10.6 Å². The first-order chi connectivity index (χ1) is 9.57. The Morgan fingerprint density at radius 1 is 1.14 bits per heavy atom. The maximum Gasteiger partial charge on any atom is 0.397 e. The number of carboxylic acid groups (broad SMARTS) is 1. The van der Waals surface area contributed by atoms with Crippen molar-refractivity contribution >= 4 is 16.4 Å². The quantitative estimate of drug-likeness (QED) is 0.433. The van der Waals surface area contributed by atoms with Crippen LogP contribution in [0.1, 0.15) is 26.7 Å². The topological polar surface area (TPSA) is 125 Å². The highest BCUT2D eigenvalue weighted by atomic mass is 32.3. The molecular formula is C12H30N2O6S. The average Bonchev–Trinajstić information content (AvgIpc) is 2.30. The van der Waals surface area contributed by atoms with Crippen molar-refractivity contribution in [2.75, 3.05) is 34.8 Å². The molecule has 0 heterocycles. The lowest BCUT2D eigenvalue weighted by atomic mass is 10.2. The molecule has 0 aromatic rings. The van der Waals surface area contributed by atoms with Crippen LogP contribution in [0.4, 0.5) is 0 Å². The van der Waals surface area contributed by atoms with E-state index in [1.165, 1.54) is 6.92 Å². The van der Waals surface area contributed by atoms with Crippen molar-refractivity contribution < 1.29 is 27.1 Å². The van der Waals surface area contributed by atoms with Crippen molar-refractivity contribution in [3.8, 4) is 0 Å². The Bertz CT molecular complexity index is 329. The molecule has 0 aliphatic rings. The van der Waals surface area contributed by atoms with Gasteiger partial charge in [0.1, 0.15) is 0 Å². The van der Waals surface area contributed by atoms with Gasteiger partial charge in [-0.2, -0.15) is 8.42 Å². The van der Waals surface area contributed by atoms with Gasteiger partial charge in [0.2, 0.25) is 0 Å². The van der Waals surface area contributed by atoms with Crippen LogP contribution in [0, 0.1) is 0 Å². The Hall–Kier alpha value is -1.00. The van der Waals surface area contributed by atoms with E-state index in [1.807, 2.05) is 35.1 Å². The van der Waals surface area contributed by atoms with Gasteiger partial charge in [0.05, 0.1) is 6.61 Å². The van der Waals surface area contributed by atoms with Gasteiger partial charge in [-0.3, -0.25) is 4.55 Å². The van der Waals surface area contributed by atoms with Gasteiger partial charge < -0.3 is 15.7 Å². The molecule has 8 nitrogen and oxygen atoms in total. The lowest BCUT2D eigenvalue weighted by molar-refractivity contribution is -0.132. The SMILES string of the molecule is C=C(CCC)C(=O)O.CCOS(=O)(=O)O.CNC.CNC. The van der Waals surface area contributed by atoms with Crippen LogP contribution >= 0.6 is 0 Å². The lowest BCUT2D eigenvalue weighted by Crippen LogP contribution is -2.01. The molecule has 130 valence electrons. The van der Waals surface area contributed by atoms with Crippen molar-refractivity contribution in [3.63, 3.8) is 0 Å². The molecule has 0 spiro atoms. The fraction of sp³-hybridized carbons (Fsp3) is 0.750. The Morgan fingerprint density at radius 3 is 1.52 bits per heavy atom. The highest BCUT2D eigenvalue weighted by Gasteiger charge is 1.99. The van der Waals surface area contributed by atoms with E-state index >= 15 is 0 Å². The summed E-state index contributed by atoms with van der Waals surface area (Å²) in [4.78, 5) is 9.99. The first kappa shape index (κ1) is 28.2. The summed E-state index contributed by atoms with van der Waals surface area (Å²) in [6.45, 7) is 6.71. The normalized spacial score (nSPS) is 8.90. The molecule has 0 bridgehead atoms. The molecule has 0 aliphatic carbocycles. The fourth-order valence-corrected chi connectivity index (χ4v) is 0.855. The van der Waals surface area contributed by atoms with E-state index in [1.54, 1.807) is 0 Å². The second-order valence-electron chi connectivity index (χ2n) is 3.49. The van der Waals surface area contributed by atoms with Gasteiger partial charge in [0.25, 0.3) is 0 Å². The minimum Gasteiger partial charge on any atom is -0.478 e. The number of aliphatic carboxylic acids is 1. The fourth-order valence-electron chi connectivity index (χ4n) is 0.558. The third-order valence-electron chi connectivity index (χ3n) is 1.12. The standard InChI is InChI=1S/C6H10O2.2C2H7N.C2H6O4S/c1-3-4-5(2)6(7)8;2*1-3-2;1-2-6-7(3,4)5/h2-4H2,1H3,(H,7,8);2*3H,1-2H3;2H2,1H3,(H,3,4,5). The highest BCUT2D eigenvalue weighted by molar-refractivity contribution is 7.80. The van der Waals surface area contributed by atoms with Crippen molar-refractivity contribution in [3.05, 3.63) is 12.2 Å². The van der Waals surface area contributed by atoms with Crippen molar-refractivity contribution in [2.45, 2.75) is 26.7 Å². The number of nitrogens with one attached hydrogen (secondary N) is 2. The van der Waals surface area contributed by atoms with E-state index < -0.39 is 16.4 Å². The monoisotopic (exact) mass is 330 g/mol. The minimum absolute atomic E-state index is 0.0289. The predicted octanol–water partition coefficient (Wildman–Crippen LogP) is 0.924. The summed E-state index contributed by atoms with van der Waals surface area (Å²) in [6.07, 6.45) is 1.44. The lowest BCUT2D eigenvalue weighted by Gasteiger charge is -1.92. The van der Waals surface area contributed by atoms with Gasteiger partial charge in [-0.15, -0.1) is 0 Å². The van der Waals surface area contributed by atoms with E-state index in [-0.39, 0.29) is 6.61 Å². The molecule has 0 saturated carbocycles. The number of hydrogen-bond donors (Lipinski definition) is 4. The summed E-state index contributed by atoms with van der Waals surface area (Å²) in [5.74, 6) is -0.883. The van der Waals surface area contributed by atoms with Crippen LogP contribution in [-0.4, -0.2) is 58.8 Å². The maximum atomic E-state index is 9.99. The van der Waals surface area contributed by atoms with Crippen LogP contribution in [0.3, 0.4) is 0 Å². The minimum atomic E-state index is -4.17. The smallest absolute Gasteiger partial charge is 0.397 e. The van der Waals surface area contributed by atoms with Gasteiger partial charge >= 0.3 is 16.4 Å². The van der Waals surface area contributed by atoms with Crippen molar-refractivity contribution in [1.82, 2.24) is 10.6 Å². The predicted molar refractivity (Wildman–Crippen MR) is 84.8 cm³/mol. The number of carboxylic acids is 1. The highest BCUT2D eigenvalue weighted by Crippen LogP contribution is 1.99. The van der Waals surface area contributed by atoms with Gasteiger partial charge in [-0.25, -0.2) is 8.98 Å². The van der Waals surface area contributed by atoms with Gasteiger partial charge in [0.15, 0.2) is 0 Å². The molecule has 4 N–H and O–H groups in total. The molecule has 21 heavy (non-hydrogen) atoms. The molecule has 0 fully saturated rings. The van der Waals surface area contributed by atoms with E-state index in [0.29, 0.717) is 12.0 Å². The Morgan fingerprint density at radius 2 is 1.48 bits per heavy atom. The average molecular weight is 330 g/mol. The summed E-state index contributed by atoms with van der Waals surface area (Å²) in [6, 6.07) is 0. The van der Waals surface area contributed by atoms with E-state index in [0.717, 1.165) is 6.42 Å². The van der Waals surface area contributed by atoms with Gasteiger partial charge in [-0.1, -0.05) is 19.9 Å². The zero-order chi connectivity index (χ0) is 17.9. The van der Waals surface area contributed by atoms with Crippen LogP contribution in [0.5, 0.6) is 0 Å². The Kier molecular flexibility index (Phi) is 28.6.